The molecule has 0 aliphatic carbocycles. The van der Waals surface area contributed by atoms with Crippen molar-refractivity contribution in [1.82, 2.24) is 10.2 Å². The average molecular weight is 320 g/mol. The zero-order valence-electron chi connectivity index (χ0n) is 13.5. The highest BCUT2D eigenvalue weighted by Gasteiger charge is 2.31. The third-order valence-corrected chi connectivity index (χ3v) is 3.86. The number of ether oxygens (including phenoxy) is 1. The minimum absolute atomic E-state index is 0.128. The van der Waals surface area contributed by atoms with Gasteiger partial charge < -0.3 is 15.2 Å². The lowest BCUT2D eigenvalue weighted by atomic mass is 10.2. The summed E-state index contributed by atoms with van der Waals surface area (Å²) in [4.78, 5) is 24.9. The number of likely N-dealkylation sites (tertiary alicyclic amines) is 1. The van der Waals surface area contributed by atoms with Gasteiger partial charge in [-0.15, -0.1) is 0 Å². The number of nitrogens with zero attached hydrogens (tertiary/aromatic N) is 1. The quantitative estimate of drug-likeness (QED) is 0.761. The van der Waals surface area contributed by atoms with Gasteiger partial charge >= 0.3 is 5.97 Å². The van der Waals surface area contributed by atoms with Gasteiger partial charge in [0.15, 0.2) is 0 Å². The monoisotopic (exact) mass is 320 g/mol. The molecule has 126 valence electrons. The zero-order valence-corrected chi connectivity index (χ0v) is 13.5. The molecule has 0 aromatic heterocycles. The maximum absolute atomic E-state index is 12.0. The summed E-state index contributed by atoms with van der Waals surface area (Å²) in [5, 5.41) is 12.0. The van der Waals surface area contributed by atoms with Gasteiger partial charge in [0.25, 0.3) is 0 Å². The maximum atomic E-state index is 12.0. The molecule has 2 rings (SSSR count). The number of amides is 1. The first-order valence-corrected chi connectivity index (χ1v) is 8.05. The van der Waals surface area contributed by atoms with E-state index < -0.39 is 12.0 Å². The summed E-state index contributed by atoms with van der Waals surface area (Å²) in [5.74, 6) is -0.210. The standard InChI is InChI=1S/C17H24N2O4/c1-2-9-23-14-6-3-5-13(10-14)11-18-16(20)12-19-8-4-7-15(19)17(21)22/h3,5-6,10,15H,2,4,7-9,11-12H2,1H3,(H,18,20)(H,21,22)/t15-/m1/s1. The van der Waals surface area contributed by atoms with Crippen molar-refractivity contribution in [3.63, 3.8) is 0 Å². The normalized spacial score (nSPS) is 17.9. The predicted octanol–water partition coefficient (Wildman–Crippen LogP) is 1.64. The van der Waals surface area contributed by atoms with E-state index in [9.17, 15) is 9.59 Å². The van der Waals surface area contributed by atoms with Gasteiger partial charge in [0.2, 0.25) is 5.91 Å². The summed E-state index contributed by atoms with van der Waals surface area (Å²) in [6, 6.07) is 7.09. The zero-order chi connectivity index (χ0) is 16.7. The van der Waals surface area contributed by atoms with Gasteiger partial charge in [0, 0.05) is 6.54 Å². The van der Waals surface area contributed by atoms with Gasteiger partial charge in [0.05, 0.1) is 13.2 Å². The molecule has 1 amide bonds. The van der Waals surface area contributed by atoms with Gasteiger partial charge in [-0.3, -0.25) is 14.5 Å². The van der Waals surface area contributed by atoms with E-state index in [0.717, 1.165) is 24.2 Å². The van der Waals surface area contributed by atoms with E-state index in [0.29, 0.717) is 26.1 Å². The van der Waals surface area contributed by atoms with Crippen LogP contribution >= 0.6 is 0 Å². The first-order chi connectivity index (χ1) is 11.1. The Kier molecular flexibility index (Phi) is 6.40. The van der Waals surface area contributed by atoms with Crippen molar-refractivity contribution in [2.75, 3.05) is 19.7 Å². The molecule has 0 spiro atoms. The Bertz CT molecular complexity index is 547. The van der Waals surface area contributed by atoms with Gasteiger partial charge in [-0.2, -0.15) is 0 Å². The van der Waals surface area contributed by atoms with E-state index in [4.69, 9.17) is 9.84 Å². The maximum Gasteiger partial charge on any atom is 0.320 e. The van der Waals surface area contributed by atoms with Crippen molar-refractivity contribution in [1.29, 1.82) is 0 Å². The first kappa shape index (κ1) is 17.3. The van der Waals surface area contributed by atoms with E-state index in [1.807, 2.05) is 31.2 Å². The van der Waals surface area contributed by atoms with Crippen LogP contribution in [0.1, 0.15) is 31.7 Å². The number of carbonyl (C=O) groups is 2. The second-order valence-corrected chi connectivity index (χ2v) is 5.74. The molecule has 1 aromatic rings. The molecule has 1 aromatic carbocycles. The molecule has 0 saturated carbocycles. The molecule has 1 aliphatic heterocycles. The van der Waals surface area contributed by atoms with E-state index in [1.54, 1.807) is 4.90 Å². The van der Waals surface area contributed by atoms with Crippen molar-refractivity contribution in [2.24, 2.45) is 0 Å². The van der Waals surface area contributed by atoms with Crippen molar-refractivity contribution in [3.05, 3.63) is 29.8 Å². The topological polar surface area (TPSA) is 78.9 Å². The Hall–Kier alpha value is -2.08. The molecule has 2 N–H and O–H groups in total. The molecule has 0 radical (unpaired) electrons. The van der Waals surface area contributed by atoms with Crippen LogP contribution in [-0.2, 0) is 16.1 Å². The van der Waals surface area contributed by atoms with Gasteiger partial charge in [0.1, 0.15) is 11.8 Å². The Morgan fingerprint density at radius 1 is 1.43 bits per heavy atom. The largest absolute Gasteiger partial charge is 0.494 e. The fourth-order valence-electron chi connectivity index (χ4n) is 2.70. The number of carbonyl (C=O) groups excluding carboxylic acids is 1. The Morgan fingerprint density at radius 3 is 3.00 bits per heavy atom. The van der Waals surface area contributed by atoms with Crippen LogP contribution in [0.25, 0.3) is 0 Å². The number of hydrogen-bond donors (Lipinski definition) is 2. The lowest BCUT2D eigenvalue weighted by Crippen LogP contribution is -2.42. The van der Waals surface area contributed by atoms with Crippen molar-refractivity contribution in [3.8, 4) is 5.75 Å². The number of nitrogens with one attached hydrogen (secondary N) is 1. The third kappa shape index (κ3) is 5.25. The van der Waals surface area contributed by atoms with Crippen LogP contribution in [0.2, 0.25) is 0 Å². The van der Waals surface area contributed by atoms with Crippen LogP contribution in [0, 0.1) is 0 Å². The second kappa shape index (κ2) is 8.53. The number of aliphatic carboxylic acids is 1. The highest BCUT2D eigenvalue weighted by Crippen LogP contribution is 2.17. The highest BCUT2D eigenvalue weighted by molar-refractivity contribution is 5.80. The summed E-state index contributed by atoms with van der Waals surface area (Å²) in [5.41, 5.74) is 0.961. The Labute approximate surface area is 136 Å². The number of benzene rings is 1. The number of carboxylic acid groups (broad SMARTS) is 1. The summed E-state index contributed by atoms with van der Waals surface area (Å²) in [6.07, 6.45) is 2.38. The SMILES string of the molecule is CCCOc1cccc(CNC(=O)CN2CCC[C@@H]2C(=O)O)c1. The van der Waals surface area contributed by atoms with Crippen LogP contribution in [0.5, 0.6) is 5.75 Å². The lowest BCUT2D eigenvalue weighted by molar-refractivity contribution is -0.142. The minimum Gasteiger partial charge on any atom is -0.494 e. The minimum atomic E-state index is -0.851. The van der Waals surface area contributed by atoms with E-state index in [1.165, 1.54) is 0 Å². The summed E-state index contributed by atoms with van der Waals surface area (Å²) < 4.78 is 5.56. The number of hydrogen-bond acceptors (Lipinski definition) is 4. The molecular formula is C17H24N2O4. The Balaban J connectivity index is 1.81. The molecule has 1 heterocycles. The predicted molar refractivity (Wildman–Crippen MR) is 86.3 cm³/mol. The molecule has 1 aliphatic rings. The van der Waals surface area contributed by atoms with Crippen molar-refractivity contribution < 1.29 is 19.4 Å². The molecule has 6 nitrogen and oxygen atoms in total. The van der Waals surface area contributed by atoms with E-state index in [2.05, 4.69) is 5.32 Å². The smallest absolute Gasteiger partial charge is 0.320 e. The second-order valence-electron chi connectivity index (χ2n) is 5.74. The molecule has 0 unspecified atom stereocenters. The summed E-state index contributed by atoms with van der Waals surface area (Å²) >= 11 is 0. The van der Waals surface area contributed by atoms with Crippen molar-refractivity contribution in [2.45, 2.75) is 38.8 Å². The van der Waals surface area contributed by atoms with Gasteiger partial charge in [-0.05, 0) is 43.5 Å². The Morgan fingerprint density at radius 2 is 2.26 bits per heavy atom. The average Bonchev–Trinajstić information content (AvgIpc) is 2.99. The summed E-state index contributed by atoms with van der Waals surface area (Å²) in [6.45, 7) is 3.91. The molecule has 23 heavy (non-hydrogen) atoms. The third-order valence-electron chi connectivity index (χ3n) is 3.86. The fraction of sp³-hybridized carbons (Fsp3) is 0.529. The number of carboxylic acids is 1. The first-order valence-electron chi connectivity index (χ1n) is 8.05. The molecule has 0 bridgehead atoms. The van der Waals surface area contributed by atoms with Gasteiger partial charge in [-0.1, -0.05) is 19.1 Å². The van der Waals surface area contributed by atoms with Crippen molar-refractivity contribution >= 4 is 11.9 Å². The number of rotatable bonds is 8. The molecular weight excluding hydrogens is 296 g/mol. The summed E-state index contributed by atoms with van der Waals surface area (Å²) in [7, 11) is 0. The van der Waals surface area contributed by atoms with Crippen LogP contribution < -0.4 is 10.1 Å². The fourth-order valence-corrected chi connectivity index (χ4v) is 2.70. The highest BCUT2D eigenvalue weighted by atomic mass is 16.5. The van der Waals surface area contributed by atoms with Gasteiger partial charge in [-0.25, -0.2) is 0 Å². The van der Waals surface area contributed by atoms with Crippen LogP contribution in [0.3, 0.4) is 0 Å². The molecule has 1 atom stereocenters. The lowest BCUT2D eigenvalue weighted by Gasteiger charge is -2.20. The van der Waals surface area contributed by atoms with Crippen LogP contribution in [0.15, 0.2) is 24.3 Å². The molecule has 1 fully saturated rings. The van der Waals surface area contributed by atoms with Crippen LogP contribution in [-0.4, -0.2) is 47.6 Å². The van der Waals surface area contributed by atoms with E-state index in [-0.39, 0.29) is 12.5 Å². The van der Waals surface area contributed by atoms with Crippen LogP contribution in [0.4, 0.5) is 0 Å². The molecule has 1 saturated heterocycles. The van der Waals surface area contributed by atoms with E-state index >= 15 is 0 Å². The molecule has 6 heteroatoms.